The molecule has 0 aliphatic heterocycles. The van der Waals surface area contributed by atoms with E-state index in [9.17, 15) is 8.42 Å². The first-order valence-corrected chi connectivity index (χ1v) is 7.67. The molecule has 1 rings (SSSR count). The van der Waals surface area contributed by atoms with Gasteiger partial charge in [-0.05, 0) is 25.5 Å². The summed E-state index contributed by atoms with van der Waals surface area (Å²) in [5.41, 5.74) is 0. The summed E-state index contributed by atoms with van der Waals surface area (Å²) < 4.78 is 31.4. The normalized spacial score (nSPS) is 11.9. The Bertz CT molecular complexity index is 427. The first kappa shape index (κ1) is 14.6. The van der Waals surface area contributed by atoms with Crippen molar-refractivity contribution in [2.45, 2.75) is 24.2 Å². The van der Waals surface area contributed by atoms with Crippen molar-refractivity contribution < 1.29 is 18.3 Å². The highest BCUT2D eigenvalue weighted by Crippen LogP contribution is 2.21. The molecule has 0 bridgehead atoms. The van der Waals surface area contributed by atoms with Crippen molar-refractivity contribution in [2.75, 3.05) is 19.8 Å². The van der Waals surface area contributed by atoms with E-state index in [1.807, 2.05) is 6.92 Å². The summed E-state index contributed by atoms with van der Waals surface area (Å²) in [5.74, 6) is 0. The molecule has 0 radical (unpaired) electrons. The Morgan fingerprint density at radius 3 is 2.82 bits per heavy atom. The molecule has 5 nitrogen and oxygen atoms in total. The van der Waals surface area contributed by atoms with Crippen molar-refractivity contribution in [3.63, 3.8) is 0 Å². The zero-order chi connectivity index (χ0) is 12.7. The molecule has 2 N–H and O–H groups in total. The Labute approximate surface area is 105 Å². The molecule has 0 aliphatic rings. The second-order valence-corrected chi connectivity index (χ2v) is 6.49. The summed E-state index contributed by atoms with van der Waals surface area (Å²) in [6, 6.07) is 3.11. The van der Waals surface area contributed by atoms with Crippen molar-refractivity contribution in [1.82, 2.24) is 4.72 Å². The maximum Gasteiger partial charge on any atom is 0.250 e. The van der Waals surface area contributed by atoms with Crippen molar-refractivity contribution in [3.8, 4) is 0 Å². The van der Waals surface area contributed by atoms with Gasteiger partial charge >= 0.3 is 0 Å². The standard InChI is InChI=1S/C10H17NO4S2/c1-2-15-7-3-6-11-17(13,14)10-5-4-9(8-12)16-10/h4-5,11-12H,2-3,6-8H2,1H3. The van der Waals surface area contributed by atoms with E-state index in [2.05, 4.69) is 4.72 Å². The van der Waals surface area contributed by atoms with E-state index >= 15 is 0 Å². The third-order valence-corrected chi connectivity index (χ3v) is 5.04. The summed E-state index contributed by atoms with van der Waals surface area (Å²) in [5, 5.41) is 8.87. The lowest BCUT2D eigenvalue weighted by Crippen LogP contribution is -2.24. The highest BCUT2D eigenvalue weighted by molar-refractivity contribution is 7.91. The van der Waals surface area contributed by atoms with E-state index in [0.29, 0.717) is 31.1 Å². The van der Waals surface area contributed by atoms with Crippen molar-refractivity contribution in [2.24, 2.45) is 0 Å². The quantitative estimate of drug-likeness (QED) is 0.695. The molecule has 98 valence electrons. The van der Waals surface area contributed by atoms with Gasteiger partial charge < -0.3 is 9.84 Å². The van der Waals surface area contributed by atoms with Gasteiger partial charge in [0.1, 0.15) is 4.21 Å². The third kappa shape index (κ3) is 4.72. The van der Waals surface area contributed by atoms with Crippen LogP contribution in [0.4, 0.5) is 0 Å². The van der Waals surface area contributed by atoms with Gasteiger partial charge in [-0.1, -0.05) is 0 Å². The van der Waals surface area contributed by atoms with E-state index < -0.39 is 10.0 Å². The molecule has 0 atom stereocenters. The summed E-state index contributed by atoms with van der Waals surface area (Å²) in [6.07, 6.45) is 0.644. The van der Waals surface area contributed by atoms with E-state index in [1.54, 1.807) is 6.07 Å². The number of nitrogens with one attached hydrogen (secondary N) is 1. The number of sulfonamides is 1. The van der Waals surface area contributed by atoms with Crippen LogP contribution in [0.25, 0.3) is 0 Å². The third-order valence-electron chi connectivity index (χ3n) is 2.02. The van der Waals surface area contributed by atoms with Gasteiger partial charge in [-0.3, -0.25) is 0 Å². The molecule has 0 aromatic carbocycles. The fourth-order valence-corrected chi connectivity index (χ4v) is 3.52. The molecule has 17 heavy (non-hydrogen) atoms. The molecular weight excluding hydrogens is 262 g/mol. The molecule has 1 aromatic rings. The molecule has 7 heteroatoms. The number of hydrogen-bond acceptors (Lipinski definition) is 5. The maximum absolute atomic E-state index is 11.8. The number of aliphatic hydroxyl groups excluding tert-OH is 1. The van der Waals surface area contributed by atoms with Gasteiger partial charge in [-0.25, -0.2) is 13.1 Å². The Hall–Kier alpha value is -0.470. The van der Waals surface area contributed by atoms with Gasteiger partial charge in [0, 0.05) is 24.6 Å². The lowest BCUT2D eigenvalue weighted by molar-refractivity contribution is 0.146. The molecule has 1 heterocycles. The number of rotatable bonds is 8. The first-order chi connectivity index (χ1) is 8.10. The second-order valence-electron chi connectivity index (χ2n) is 3.33. The summed E-state index contributed by atoms with van der Waals surface area (Å²) in [4.78, 5) is 0.639. The van der Waals surface area contributed by atoms with Crippen LogP contribution in [-0.4, -0.2) is 33.3 Å². The topological polar surface area (TPSA) is 75.6 Å². The van der Waals surface area contributed by atoms with Gasteiger partial charge in [0.25, 0.3) is 0 Å². The molecule has 0 fully saturated rings. The van der Waals surface area contributed by atoms with Crippen LogP contribution in [0.2, 0.25) is 0 Å². The number of thiophene rings is 1. The predicted molar refractivity (Wildman–Crippen MR) is 66.5 cm³/mol. The molecule has 0 spiro atoms. The Balaban J connectivity index is 2.45. The van der Waals surface area contributed by atoms with Gasteiger partial charge in [-0.2, -0.15) is 0 Å². The highest BCUT2D eigenvalue weighted by Gasteiger charge is 2.15. The van der Waals surface area contributed by atoms with E-state index in [1.165, 1.54) is 6.07 Å². The zero-order valence-corrected chi connectivity index (χ0v) is 11.3. The summed E-state index contributed by atoms with van der Waals surface area (Å²) in [6.45, 7) is 3.30. The Morgan fingerprint density at radius 1 is 1.47 bits per heavy atom. The summed E-state index contributed by atoms with van der Waals surface area (Å²) in [7, 11) is -3.43. The van der Waals surface area contributed by atoms with Crippen LogP contribution in [0.3, 0.4) is 0 Å². The number of hydrogen-bond donors (Lipinski definition) is 2. The summed E-state index contributed by atoms with van der Waals surface area (Å²) >= 11 is 1.08. The van der Waals surface area contributed by atoms with E-state index in [0.717, 1.165) is 11.3 Å². The lowest BCUT2D eigenvalue weighted by atomic mass is 10.5. The number of ether oxygens (including phenoxy) is 1. The van der Waals surface area contributed by atoms with E-state index in [4.69, 9.17) is 9.84 Å². The van der Waals surface area contributed by atoms with Crippen molar-refractivity contribution >= 4 is 21.4 Å². The monoisotopic (exact) mass is 279 g/mol. The minimum atomic E-state index is -3.43. The second kappa shape index (κ2) is 7.07. The highest BCUT2D eigenvalue weighted by atomic mass is 32.2. The predicted octanol–water partition coefficient (Wildman–Crippen LogP) is 0.945. The van der Waals surface area contributed by atoms with Crippen molar-refractivity contribution in [1.29, 1.82) is 0 Å². The fourth-order valence-electron chi connectivity index (χ4n) is 1.18. The van der Waals surface area contributed by atoms with Crippen LogP contribution in [0, 0.1) is 0 Å². The zero-order valence-electron chi connectivity index (χ0n) is 9.68. The average Bonchev–Trinajstić information content (AvgIpc) is 2.78. The minimum Gasteiger partial charge on any atom is -0.391 e. The van der Waals surface area contributed by atoms with Crippen LogP contribution in [-0.2, 0) is 21.4 Å². The van der Waals surface area contributed by atoms with E-state index in [-0.39, 0.29) is 10.8 Å². The smallest absolute Gasteiger partial charge is 0.250 e. The van der Waals surface area contributed by atoms with Gasteiger partial charge in [-0.15, -0.1) is 11.3 Å². The van der Waals surface area contributed by atoms with Gasteiger partial charge in [0.05, 0.1) is 6.61 Å². The van der Waals surface area contributed by atoms with Gasteiger partial charge in [0.15, 0.2) is 0 Å². The maximum atomic E-state index is 11.8. The Kier molecular flexibility index (Phi) is 6.07. The van der Waals surface area contributed by atoms with Crippen LogP contribution in [0.5, 0.6) is 0 Å². The molecule has 0 amide bonds. The first-order valence-electron chi connectivity index (χ1n) is 5.37. The fraction of sp³-hybridized carbons (Fsp3) is 0.600. The molecular formula is C10H17NO4S2. The van der Waals surface area contributed by atoms with Crippen LogP contribution in [0.1, 0.15) is 18.2 Å². The molecule has 0 unspecified atom stereocenters. The largest absolute Gasteiger partial charge is 0.391 e. The molecule has 0 saturated carbocycles. The lowest BCUT2D eigenvalue weighted by Gasteiger charge is -2.04. The molecule has 0 saturated heterocycles. The minimum absolute atomic E-state index is 0.134. The van der Waals surface area contributed by atoms with Crippen LogP contribution >= 0.6 is 11.3 Å². The molecule has 1 aromatic heterocycles. The molecule has 0 aliphatic carbocycles. The van der Waals surface area contributed by atoms with Gasteiger partial charge in [0.2, 0.25) is 10.0 Å². The van der Waals surface area contributed by atoms with Crippen LogP contribution in [0.15, 0.2) is 16.3 Å². The average molecular weight is 279 g/mol. The Morgan fingerprint density at radius 2 is 2.24 bits per heavy atom. The van der Waals surface area contributed by atoms with Crippen molar-refractivity contribution in [3.05, 3.63) is 17.0 Å². The van der Waals surface area contributed by atoms with Crippen LogP contribution < -0.4 is 4.72 Å². The number of aliphatic hydroxyl groups is 1. The SMILES string of the molecule is CCOCCCNS(=O)(=O)c1ccc(CO)s1.